The van der Waals surface area contributed by atoms with Crippen LogP contribution >= 0.6 is 20.0 Å². The van der Waals surface area contributed by atoms with Gasteiger partial charge in [-0.25, -0.2) is 9.36 Å². The first-order valence-electron chi connectivity index (χ1n) is 12.4. The van der Waals surface area contributed by atoms with Crippen molar-refractivity contribution in [2.24, 2.45) is 0 Å². The summed E-state index contributed by atoms with van der Waals surface area (Å²) in [6, 6.07) is 0.964. The Morgan fingerprint density at radius 2 is 1.74 bits per heavy atom. The summed E-state index contributed by atoms with van der Waals surface area (Å²) in [5, 5.41) is 52.7. The van der Waals surface area contributed by atoms with Crippen molar-refractivity contribution in [1.82, 2.24) is 24.4 Å². The van der Waals surface area contributed by atoms with Crippen molar-refractivity contribution >= 4 is 26.0 Å². The van der Waals surface area contributed by atoms with E-state index in [4.69, 9.17) is 35.8 Å². The second-order valence-corrected chi connectivity index (χ2v) is 11.2. The lowest BCUT2D eigenvalue weighted by atomic mass is 10.1. The SMILES string of the molecule is O=C(O)CNCc1cn([C@@H]2O[C@H](COP(=O)(O)O[C@H]3[C@@H](O)[C@H](n4ccc(=O)[nH]c4=O)O[C@@H]3CO)[C@@H](O)[C@H]2O)c(=S)[nH]c1=O. The number of aromatic amines is 2. The third kappa shape index (κ3) is 7.42. The number of aromatic nitrogens is 4. The molecule has 4 rings (SSSR count). The summed E-state index contributed by atoms with van der Waals surface area (Å²) in [4.78, 5) is 61.0. The Labute approximate surface area is 244 Å². The quantitative estimate of drug-likeness (QED) is 0.0779. The Balaban J connectivity index is 1.43. The highest BCUT2D eigenvalue weighted by atomic mass is 32.1. The Morgan fingerprint density at radius 1 is 1.07 bits per heavy atom. The first kappa shape index (κ1) is 33.0. The van der Waals surface area contributed by atoms with Gasteiger partial charge in [-0.15, -0.1) is 0 Å². The lowest BCUT2D eigenvalue weighted by molar-refractivity contribution is -0.136. The molecular formula is C21H28N5O15PS. The average Bonchev–Trinajstić information content (AvgIpc) is 3.38. The van der Waals surface area contributed by atoms with Crippen LogP contribution in [0.2, 0.25) is 0 Å². The normalized spacial score (nSPS) is 30.3. The number of phosphoric ester groups is 1. The van der Waals surface area contributed by atoms with Crippen molar-refractivity contribution in [3.63, 3.8) is 0 Å². The third-order valence-corrected chi connectivity index (χ3v) is 7.81. The van der Waals surface area contributed by atoms with Gasteiger partial charge in [-0.2, -0.15) is 0 Å². The van der Waals surface area contributed by atoms with Crippen LogP contribution in [0.15, 0.2) is 32.8 Å². The molecule has 2 aliphatic rings. The van der Waals surface area contributed by atoms with Gasteiger partial charge in [0.2, 0.25) is 0 Å². The molecule has 0 radical (unpaired) electrons. The number of rotatable bonds is 12. The predicted octanol–water partition coefficient (Wildman–Crippen LogP) is -4.00. The molecule has 43 heavy (non-hydrogen) atoms. The molecule has 20 nitrogen and oxygen atoms in total. The minimum Gasteiger partial charge on any atom is -0.480 e. The fourth-order valence-corrected chi connectivity index (χ4v) is 5.66. The van der Waals surface area contributed by atoms with Crippen LogP contribution in [0.25, 0.3) is 0 Å². The van der Waals surface area contributed by atoms with E-state index in [1.54, 1.807) is 0 Å². The number of aliphatic carboxylic acids is 1. The van der Waals surface area contributed by atoms with Gasteiger partial charge in [0.25, 0.3) is 11.1 Å². The van der Waals surface area contributed by atoms with E-state index >= 15 is 0 Å². The van der Waals surface area contributed by atoms with E-state index in [0.717, 1.165) is 21.4 Å². The summed E-state index contributed by atoms with van der Waals surface area (Å²) in [5.74, 6) is -1.17. The molecule has 0 aromatic carbocycles. The van der Waals surface area contributed by atoms with Crippen LogP contribution in [0.5, 0.6) is 0 Å². The zero-order valence-electron chi connectivity index (χ0n) is 21.8. The smallest absolute Gasteiger partial charge is 0.472 e. The van der Waals surface area contributed by atoms with Crippen molar-refractivity contribution in [3.8, 4) is 0 Å². The molecule has 4 heterocycles. The summed E-state index contributed by atoms with van der Waals surface area (Å²) in [6.07, 6.45) is -10.5. The van der Waals surface area contributed by atoms with Crippen LogP contribution < -0.4 is 22.1 Å². The first-order valence-corrected chi connectivity index (χ1v) is 14.3. The van der Waals surface area contributed by atoms with Crippen LogP contribution in [-0.4, -0.2) is 112 Å². The molecule has 2 aromatic heterocycles. The molecule has 9 N–H and O–H groups in total. The monoisotopic (exact) mass is 653 g/mol. The molecule has 0 aliphatic carbocycles. The summed E-state index contributed by atoms with van der Waals surface area (Å²) >= 11 is 5.11. The molecule has 1 unspecified atom stereocenters. The molecule has 238 valence electrons. The van der Waals surface area contributed by atoms with E-state index in [0.29, 0.717) is 0 Å². The Hall–Kier alpha value is -2.92. The lowest BCUT2D eigenvalue weighted by Crippen LogP contribution is -2.39. The maximum atomic E-state index is 12.7. The molecular weight excluding hydrogens is 625 g/mol. The van der Waals surface area contributed by atoms with E-state index in [9.17, 15) is 49.1 Å². The zero-order valence-corrected chi connectivity index (χ0v) is 23.5. The number of carboxylic acid groups (broad SMARTS) is 1. The standard InChI is InChI=1S/C21H28N5O15PS/c27-6-9-16(15(33)19(39-9)25-2-1-11(28)23-20(25)35)41-42(36,37)38-7-10-13(31)14(32)18(40-10)26-5-8(3-22-4-12(29)30)17(34)24-21(26)43/h1-2,5,9-10,13-16,18-19,22,27,31-33H,3-4,6-7H2,(H,29,30)(H,36,37)(H,23,28,35)(H,24,34,43)/t9-,10-,13-,14-,15-,16-,18-,19-/m1/s1. The number of carboxylic acids is 1. The van der Waals surface area contributed by atoms with Gasteiger partial charge < -0.3 is 45.2 Å². The van der Waals surface area contributed by atoms with E-state index in [2.05, 4.69) is 10.3 Å². The summed E-state index contributed by atoms with van der Waals surface area (Å²) in [7, 11) is -5.10. The largest absolute Gasteiger partial charge is 0.480 e. The van der Waals surface area contributed by atoms with Gasteiger partial charge in [0.1, 0.15) is 36.6 Å². The number of carbonyl (C=O) groups is 1. The maximum Gasteiger partial charge on any atom is 0.472 e. The number of hydrogen-bond acceptors (Lipinski definition) is 15. The number of nitrogens with zero attached hydrogens (tertiary/aromatic N) is 2. The molecule has 2 aromatic rings. The minimum absolute atomic E-state index is 0.0197. The molecule has 22 heteroatoms. The number of ether oxygens (including phenoxy) is 2. The minimum atomic E-state index is -5.10. The fraction of sp³-hybridized carbons (Fsp3) is 0.571. The molecule has 0 saturated carbocycles. The average molecular weight is 654 g/mol. The van der Waals surface area contributed by atoms with Crippen LogP contribution in [0, 0.1) is 4.77 Å². The van der Waals surface area contributed by atoms with Crippen molar-refractivity contribution in [2.75, 3.05) is 19.8 Å². The number of phosphoric acid groups is 1. The summed E-state index contributed by atoms with van der Waals surface area (Å²) < 4.78 is 35.3. The molecule has 9 atom stereocenters. The van der Waals surface area contributed by atoms with Crippen LogP contribution in [0.4, 0.5) is 0 Å². The topological polar surface area (TPSA) is 297 Å². The van der Waals surface area contributed by atoms with Crippen molar-refractivity contribution in [1.29, 1.82) is 0 Å². The van der Waals surface area contributed by atoms with Gasteiger partial charge >= 0.3 is 19.5 Å². The second kappa shape index (κ2) is 13.4. The van der Waals surface area contributed by atoms with Gasteiger partial charge in [0.15, 0.2) is 17.2 Å². The van der Waals surface area contributed by atoms with E-state index in [1.165, 1.54) is 6.20 Å². The van der Waals surface area contributed by atoms with Gasteiger partial charge in [0.05, 0.1) is 19.8 Å². The number of aliphatic hydroxyl groups is 4. The van der Waals surface area contributed by atoms with Gasteiger partial charge in [-0.3, -0.25) is 42.5 Å². The summed E-state index contributed by atoms with van der Waals surface area (Å²) in [6.45, 7) is -2.30. The Kier molecular flexibility index (Phi) is 10.3. The number of nitrogens with one attached hydrogen (secondary N) is 3. The molecule has 2 saturated heterocycles. The van der Waals surface area contributed by atoms with E-state index in [-0.39, 0.29) is 16.9 Å². The van der Waals surface area contributed by atoms with Crippen LogP contribution in [-0.2, 0) is 34.4 Å². The molecule has 0 spiro atoms. The number of hydrogen-bond donors (Lipinski definition) is 9. The van der Waals surface area contributed by atoms with Crippen molar-refractivity contribution in [2.45, 2.75) is 55.6 Å². The van der Waals surface area contributed by atoms with E-state index in [1.807, 2.05) is 4.98 Å². The zero-order chi connectivity index (χ0) is 31.6. The Morgan fingerprint density at radius 3 is 2.40 bits per heavy atom. The highest BCUT2D eigenvalue weighted by molar-refractivity contribution is 7.71. The summed E-state index contributed by atoms with van der Waals surface area (Å²) in [5.41, 5.74) is -2.32. The fourth-order valence-electron chi connectivity index (χ4n) is 4.45. The highest BCUT2D eigenvalue weighted by Crippen LogP contribution is 2.49. The third-order valence-electron chi connectivity index (χ3n) is 6.52. The van der Waals surface area contributed by atoms with Crippen LogP contribution in [0.1, 0.15) is 18.0 Å². The van der Waals surface area contributed by atoms with Crippen molar-refractivity contribution in [3.05, 3.63) is 60.0 Å². The van der Waals surface area contributed by atoms with Gasteiger partial charge in [0, 0.05) is 30.6 Å². The first-order chi connectivity index (χ1) is 20.2. The molecule has 0 amide bonds. The number of aliphatic hydroxyl groups excluding tert-OH is 4. The maximum absolute atomic E-state index is 12.7. The Bertz CT molecular complexity index is 1610. The second-order valence-electron chi connectivity index (χ2n) is 9.45. The van der Waals surface area contributed by atoms with Gasteiger partial charge in [-0.05, 0) is 12.2 Å². The van der Waals surface area contributed by atoms with Gasteiger partial charge in [-0.1, -0.05) is 0 Å². The van der Waals surface area contributed by atoms with Crippen LogP contribution in [0.3, 0.4) is 0 Å². The predicted molar refractivity (Wildman–Crippen MR) is 140 cm³/mol. The van der Waals surface area contributed by atoms with E-state index < -0.39 is 99.4 Å². The van der Waals surface area contributed by atoms with Crippen molar-refractivity contribution < 1.29 is 58.3 Å². The number of H-pyrrole nitrogens is 2. The molecule has 2 fully saturated rings. The molecule has 2 aliphatic heterocycles. The molecule has 0 bridgehead atoms. The lowest BCUT2D eigenvalue weighted by Gasteiger charge is -2.23. The highest BCUT2D eigenvalue weighted by Gasteiger charge is 2.50.